The molecular weight excluding hydrogens is 200 g/mol. The Labute approximate surface area is 75.5 Å². The lowest BCUT2D eigenvalue weighted by Gasteiger charge is -1.98. The summed E-state index contributed by atoms with van der Waals surface area (Å²) < 4.78 is 26.8. The molecule has 72 valence electrons. The maximum Gasteiger partial charge on any atom is 0.340 e. The number of carbonyl (C=O) groups is 1. The first-order chi connectivity index (χ1) is 6.18. The SMILES string of the molecule is O=C(COS(=O)O)Oc1ccn[nH]1. The van der Waals surface area contributed by atoms with Crippen molar-refractivity contribution in [2.45, 2.75) is 0 Å². The van der Waals surface area contributed by atoms with Gasteiger partial charge in [0.1, 0.15) is 0 Å². The number of aromatic nitrogens is 2. The van der Waals surface area contributed by atoms with Crippen molar-refractivity contribution in [1.29, 1.82) is 0 Å². The zero-order valence-corrected chi connectivity index (χ0v) is 7.11. The van der Waals surface area contributed by atoms with Gasteiger partial charge in [-0.05, 0) is 0 Å². The first kappa shape index (κ1) is 9.84. The molecule has 0 aromatic carbocycles. The molecule has 1 rings (SSSR count). The molecule has 0 radical (unpaired) electrons. The third-order valence-electron chi connectivity index (χ3n) is 0.977. The molecule has 1 unspecified atom stereocenters. The van der Waals surface area contributed by atoms with E-state index in [1.165, 1.54) is 12.3 Å². The van der Waals surface area contributed by atoms with Gasteiger partial charge in [0.15, 0.2) is 6.61 Å². The Kier molecular flexibility index (Phi) is 3.55. The number of aromatic amines is 1. The van der Waals surface area contributed by atoms with Gasteiger partial charge in [-0.25, -0.2) is 9.89 Å². The summed E-state index contributed by atoms with van der Waals surface area (Å²) in [6, 6.07) is 1.42. The van der Waals surface area contributed by atoms with Gasteiger partial charge in [0.2, 0.25) is 5.88 Å². The van der Waals surface area contributed by atoms with Crippen LogP contribution in [0.1, 0.15) is 0 Å². The van der Waals surface area contributed by atoms with Crippen LogP contribution in [0.3, 0.4) is 0 Å². The van der Waals surface area contributed by atoms with Gasteiger partial charge in [0, 0.05) is 6.07 Å². The minimum absolute atomic E-state index is 0.150. The summed E-state index contributed by atoms with van der Waals surface area (Å²) in [5.74, 6) is -0.635. The minimum atomic E-state index is -2.46. The normalized spacial score (nSPS) is 12.4. The van der Waals surface area contributed by atoms with Crippen LogP contribution in [0, 0.1) is 0 Å². The van der Waals surface area contributed by atoms with Crippen molar-refractivity contribution in [3.63, 3.8) is 0 Å². The second-order valence-electron chi connectivity index (χ2n) is 1.87. The Balaban J connectivity index is 2.30. The number of carbonyl (C=O) groups excluding carboxylic acids is 1. The molecular formula is C5H6N2O5S. The molecule has 0 aliphatic heterocycles. The van der Waals surface area contributed by atoms with Crippen LogP contribution in [-0.4, -0.2) is 31.5 Å². The average molecular weight is 206 g/mol. The van der Waals surface area contributed by atoms with Gasteiger partial charge in [-0.15, -0.1) is 0 Å². The van der Waals surface area contributed by atoms with E-state index >= 15 is 0 Å². The van der Waals surface area contributed by atoms with E-state index in [1.807, 2.05) is 0 Å². The molecule has 0 bridgehead atoms. The smallest absolute Gasteiger partial charge is 0.340 e. The monoisotopic (exact) mass is 206 g/mol. The maximum atomic E-state index is 10.8. The molecule has 7 nitrogen and oxygen atoms in total. The highest BCUT2D eigenvalue weighted by Gasteiger charge is 2.07. The molecule has 0 saturated heterocycles. The van der Waals surface area contributed by atoms with E-state index < -0.39 is 23.9 Å². The summed E-state index contributed by atoms with van der Waals surface area (Å²) in [5.41, 5.74) is 0. The van der Waals surface area contributed by atoms with E-state index in [1.54, 1.807) is 0 Å². The lowest BCUT2D eigenvalue weighted by Crippen LogP contribution is -2.16. The average Bonchev–Trinajstić information content (AvgIpc) is 2.53. The number of hydrogen-bond acceptors (Lipinski definition) is 5. The van der Waals surface area contributed by atoms with Crippen LogP contribution >= 0.6 is 0 Å². The number of nitrogens with one attached hydrogen (secondary N) is 1. The number of H-pyrrole nitrogens is 1. The predicted octanol–water partition coefficient (Wildman–Crippen LogP) is -0.532. The molecule has 0 spiro atoms. The Morgan fingerprint density at radius 3 is 3.08 bits per heavy atom. The van der Waals surface area contributed by atoms with Crippen LogP contribution < -0.4 is 4.74 Å². The quantitative estimate of drug-likeness (QED) is 0.507. The molecule has 0 aliphatic rings. The molecule has 1 heterocycles. The summed E-state index contributed by atoms with van der Waals surface area (Å²) in [6.07, 6.45) is 1.40. The van der Waals surface area contributed by atoms with Crippen molar-refractivity contribution in [2.24, 2.45) is 0 Å². The van der Waals surface area contributed by atoms with E-state index in [0.717, 1.165) is 0 Å². The van der Waals surface area contributed by atoms with Crippen LogP contribution in [0.5, 0.6) is 5.88 Å². The molecule has 1 atom stereocenters. The Morgan fingerprint density at radius 1 is 1.77 bits per heavy atom. The molecule has 0 aliphatic carbocycles. The summed E-state index contributed by atoms with van der Waals surface area (Å²) in [5, 5.41) is 5.89. The van der Waals surface area contributed by atoms with Gasteiger partial charge in [-0.3, -0.25) is 8.74 Å². The molecule has 0 saturated carbocycles. The fourth-order valence-corrected chi connectivity index (χ4v) is 0.748. The summed E-state index contributed by atoms with van der Waals surface area (Å²) in [6.45, 7) is -0.595. The molecule has 0 amide bonds. The van der Waals surface area contributed by atoms with E-state index in [-0.39, 0.29) is 5.88 Å². The lowest BCUT2D eigenvalue weighted by molar-refractivity contribution is -0.136. The fraction of sp³-hybridized carbons (Fsp3) is 0.200. The molecule has 1 aromatic heterocycles. The van der Waals surface area contributed by atoms with Gasteiger partial charge in [0.25, 0.3) is 0 Å². The van der Waals surface area contributed by atoms with E-state index in [4.69, 9.17) is 4.55 Å². The standard InChI is InChI=1S/C5H6N2O5S/c8-5(3-11-13(9)10)12-4-1-2-6-7-4/h1-2H,3H2,(H,6,7)(H,9,10). The number of esters is 1. The largest absolute Gasteiger partial charge is 0.406 e. The Hall–Kier alpha value is -1.25. The zero-order valence-electron chi connectivity index (χ0n) is 6.30. The highest BCUT2D eigenvalue weighted by Crippen LogP contribution is 2.02. The van der Waals surface area contributed by atoms with Gasteiger partial charge >= 0.3 is 17.3 Å². The van der Waals surface area contributed by atoms with Crippen molar-refractivity contribution < 1.29 is 22.5 Å². The molecule has 2 N–H and O–H groups in total. The first-order valence-corrected chi connectivity index (χ1v) is 4.16. The van der Waals surface area contributed by atoms with E-state index in [9.17, 15) is 9.00 Å². The third kappa shape index (κ3) is 3.78. The molecule has 1 aromatic rings. The van der Waals surface area contributed by atoms with Gasteiger partial charge in [-0.1, -0.05) is 0 Å². The minimum Gasteiger partial charge on any atom is -0.406 e. The summed E-state index contributed by atoms with van der Waals surface area (Å²) in [4.78, 5) is 10.8. The zero-order chi connectivity index (χ0) is 9.68. The number of rotatable bonds is 4. The van der Waals surface area contributed by atoms with Gasteiger partial charge in [-0.2, -0.15) is 9.31 Å². The number of ether oxygens (including phenoxy) is 1. The highest BCUT2D eigenvalue weighted by molar-refractivity contribution is 7.74. The second kappa shape index (κ2) is 4.70. The topological polar surface area (TPSA) is 102 Å². The second-order valence-corrected chi connectivity index (χ2v) is 2.54. The Morgan fingerprint density at radius 2 is 2.54 bits per heavy atom. The predicted molar refractivity (Wildman–Crippen MR) is 40.9 cm³/mol. The number of hydrogen-bond donors (Lipinski definition) is 2. The summed E-state index contributed by atoms with van der Waals surface area (Å²) >= 11 is -2.46. The lowest BCUT2D eigenvalue weighted by atomic mass is 10.7. The van der Waals surface area contributed by atoms with Crippen LogP contribution in [0.15, 0.2) is 12.3 Å². The van der Waals surface area contributed by atoms with Crippen LogP contribution in [0.2, 0.25) is 0 Å². The number of nitrogens with zero attached hydrogens (tertiary/aromatic N) is 1. The highest BCUT2D eigenvalue weighted by atomic mass is 32.2. The first-order valence-electron chi connectivity index (χ1n) is 3.12. The van der Waals surface area contributed by atoms with Crippen molar-refractivity contribution in [3.05, 3.63) is 12.3 Å². The maximum absolute atomic E-state index is 10.8. The van der Waals surface area contributed by atoms with E-state index in [2.05, 4.69) is 19.1 Å². The van der Waals surface area contributed by atoms with Crippen LogP contribution in [-0.2, 0) is 20.3 Å². The Bertz CT molecular complexity index is 298. The van der Waals surface area contributed by atoms with Gasteiger partial charge in [0.05, 0.1) is 6.20 Å². The molecule has 8 heteroatoms. The van der Waals surface area contributed by atoms with Crippen LogP contribution in [0.25, 0.3) is 0 Å². The van der Waals surface area contributed by atoms with Crippen LogP contribution in [0.4, 0.5) is 0 Å². The van der Waals surface area contributed by atoms with Crippen molar-refractivity contribution in [2.75, 3.05) is 6.61 Å². The fourth-order valence-electron chi connectivity index (χ4n) is 0.551. The van der Waals surface area contributed by atoms with Crippen molar-refractivity contribution >= 4 is 17.3 Å². The molecule has 13 heavy (non-hydrogen) atoms. The third-order valence-corrected chi connectivity index (χ3v) is 1.30. The van der Waals surface area contributed by atoms with E-state index in [0.29, 0.717) is 0 Å². The van der Waals surface area contributed by atoms with Gasteiger partial charge < -0.3 is 4.74 Å². The van der Waals surface area contributed by atoms with Crippen molar-refractivity contribution in [1.82, 2.24) is 10.2 Å². The summed E-state index contributed by atoms with van der Waals surface area (Å²) in [7, 11) is 0. The van der Waals surface area contributed by atoms with Crippen molar-refractivity contribution in [3.8, 4) is 5.88 Å². The molecule has 0 fully saturated rings.